The summed E-state index contributed by atoms with van der Waals surface area (Å²) >= 11 is 0. The van der Waals surface area contributed by atoms with Crippen molar-refractivity contribution in [2.75, 3.05) is 18.4 Å². The van der Waals surface area contributed by atoms with Crippen molar-refractivity contribution in [1.82, 2.24) is 4.90 Å². The second-order valence-corrected chi connectivity index (χ2v) is 6.87. The molecule has 8 heteroatoms. The molecule has 0 saturated carbocycles. The number of nitrogens with one attached hydrogen (secondary N) is 1. The Morgan fingerprint density at radius 3 is 2.64 bits per heavy atom. The highest BCUT2D eigenvalue weighted by atomic mass is 19.1. The Balaban J connectivity index is 1.56. The largest absolute Gasteiger partial charge is 0.455 e. The van der Waals surface area contributed by atoms with E-state index in [1.165, 1.54) is 24.6 Å². The minimum Gasteiger partial charge on any atom is -0.455 e. The van der Waals surface area contributed by atoms with Crippen LogP contribution in [0.5, 0.6) is 0 Å². The summed E-state index contributed by atoms with van der Waals surface area (Å²) in [5.74, 6) is -1.43. The number of fused-ring (bicyclic) bond motifs is 1. The van der Waals surface area contributed by atoms with E-state index in [9.17, 15) is 14.0 Å². The van der Waals surface area contributed by atoms with Gasteiger partial charge in [-0.05, 0) is 56.3 Å². The van der Waals surface area contributed by atoms with Crippen molar-refractivity contribution in [3.63, 3.8) is 0 Å². The van der Waals surface area contributed by atoms with Gasteiger partial charge in [0.15, 0.2) is 5.76 Å². The summed E-state index contributed by atoms with van der Waals surface area (Å²) in [7, 11) is 0. The van der Waals surface area contributed by atoms with Gasteiger partial charge in [-0.2, -0.15) is 0 Å². The number of nitrogens with zero attached hydrogens (tertiary/aromatic N) is 1. The molecule has 3 aromatic rings. The molecule has 0 bridgehead atoms. The Morgan fingerprint density at radius 2 is 1.89 bits per heavy atom. The Morgan fingerprint density at radius 1 is 1.11 bits per heavy atom. The van der Waals surface area contributed by atoms with Crippen molar-refractivity contribution in [2.24, 2.45) is 5.73 Å². The molecule has 2 aromatic heterocycles. The number of anilines is 1. The third kappa shape index (κ3) is 3.63. The highest BCUT2D eigenvalue weighted by Gasteiger charge is 2.23. The molecule has 1 saturated heterocycles. The van der Waals surface area contributed by atoms with Crippen LogP contribution in [-0.2, 0) is 6.54 Å². The number of furan rings is 2. The fraction of sp³-hybridized carbons (Fsp3) is 0.300. The van der Waals surface area contributed by atoms with Crippen molar-refractivity contribution in [1.29, 1.82) is 0 Å². The zero-order valence-electron chi connectivity index (χ0n) is 15.2. The lowest BCUT2D eigenvalue weighted by atomic mass is 10.1. The van der Waals surface area contributed by atoms with E-state index in [4.69, 9.17) is 14.6 Å². The molecule has 0 spiro atoms. The number of likely N-dealkylation sites (tertiary alicyclic amines) is 1. The summed E-state index contributed by atoms with van der Waals surface area (Å²) in [6.45, 7) is 2.66. The molecule has 7 nitrogen and oxygen atoms in total. The molecule has 1 aliphatic rings. The second-order valence-electron chi connectivity index (χ2n) is 6.87. The number of halogens is 1. The predicted octanol–water partition coefficient (Wildman–Crippen LogP) is 3.50. The first-order chi connectivity index (χ1) is 13.5. The van der Waals surface area contributed by atoms with Crippen molar-refractivity contribution in [3.8, 4) is 0 Å². The van der Waals surface area contributed by atoms with Gasteiger partial charge in [-0.3, -0.25) is 14.5 Å². The number of nitrogens with two attached hydrogens (primary N) is 1. The third-order valence-corrected chi connectivity index (χ3v) is 4.83. The van der Waals surface area contributed by atoms with Crippen molar-refractivity contribution in [2.45, 2.75) is 25.8 Å². The highest BCUT2D eigenvalue weighted by molar-refractivity contribution is 6.13. The number of primary amides is 1. The maximum absolute atomic E-state index is 13.6. The molecule has 0 radical (unpaired) electrons. The average molecular weight is 385 g/mol. The van der Waals surface area contributed by atoms with Gasteiger partial charge in [-0.1, -0.05) is 6.42 Å². The van der Waals surface area contributed by atoms with E-state index in [2.05, 4.69) is 10.2 Å². The van der Waals surface area contributed by atoms with Crippen LogP contribution in [0.4, 0.5) is 10.1 Å². The van der Waals surface area contributed by atoms with Gasteiger partial charge in [0.2, 0.25) is 5.76 Å². The summed E-state index contributed by atoms with van der Waals surface area (Å²) in [6, 6.07) is 7.07. The van der Waals surface area contributed by atoms with Gasteiger partial charge in [0.1, 0.15) is 22.8 Å². The van der Waals surface area contributed by atoms with Gasteiger partial charge in [0.25, 0.3) is 11.8 Å². The maximum atomic E-state index is 13.6. The molecule has 28 heavy (non-hydrogen) atoms. The number of piperidine rings is 1. The molecule has 3 heterocycles. The Bertz CT molecular complexity index is 1030. The summed E-state index contributed by atoms with van der Waals surface area (Å²) in [4.78, 5) is 26.6. The van der Waals surface area contributed by atoms with E-state index in [-0.39, 0.29) is 28.2 Å². The SMILES string of the molecule is NC(=O)c1oc2ccc(F)cc2c1NC(=O)c1ccc(CN2CCCCC2)o1. The third-order valence-electron chi connectivity index (χ3n) is 4.83. The molecule has 146 valence electrons. The number of hydrogen-bond donors (Lipinski definition) is 2. The molecule has 0 aliphatic carbocycles. The molecule has 2 amide bonds. The van der Waals surface area contributed by atoms with Gasteiger partial charge in [-0.25, -0.2) is 4.39 Å². The molecular weight excluding hydrogens is 365 g/mol. The number of hydrogen-bond acceptors (Lipinski definition) is 5. The molecule has 3 N–H and O–H groups in total. The molecular formula is C20H20FN3O4. The summed E-state index contributed by atoms with van der Waals surface area (Å²) < 4.78 is 24.6. The van der Waals surface area contributed by atoms with Gasteiger partial charge < -0.3 is 19.9 Å². The maximum Gasteiger partial charge on any atom is 0.291 e. The van der Waals surface area contributed by atoms with E-state index in [1.807, 2.05) is 0 Å². The lowest BCUT2D eigenvalue weighted by Crippen LogP contribution is -2.28. The monoisotopic (exact) mass is 385 g/mol. The minimum absolute atomic E-state index is 0.0287. The van der Waals surface area contributed by atoms with Crippen LogP contribution in [0.25, 0.3) is 11.0 Å². The molecule has 1 aromatic carbocycles. The fourth-order valence-corrected chi connectivity index (χ4v) is 3.47. The zero-order chi connectivity index (χ0) is 19.7. The lowest BCUT2D eigenvalue weighted by Gasteiger charge is -2.25. The molecule has 1 aliphatic heterocycles. The topological polar surface area (TPSA) is 102 Å². The smallest absolute Gasteiger partial charge is 0.291 e. The normalized spacial score (nSPS) is 15.0. The number of amides is 2. The summed E-state index contributed by atoms with van der Waals surface area (Å²) in [5.41, 5.74) is 5.61. The number of carbonyl (C=O) groups excluding carboxylic acids is 2. The van der Waals surface area contributed by atoms with Crippen LogP contribution in [0.1, 0.15) is 46.1 Å². The van der Waals surface area contributed by atoms with E-state index in [0.29, 0.717) is 12.3 Å². The molecule has 1 fully saturated rings. The Kier molecular flexibility index (Phi) is 4.87. The van der Waals surface area contributed by atoms with E-state index < -0.39 is 17.6 Å². The van der Waals surface area contributed by atoms with E-state index in [0.717, 1.165) is 25.9 Å². The van der Waals surface area contributed by atoms with Crippen LogP contribution in [0.2, 0.25) is 0 Å². The van der Waals surface area contributed by atoms with Crippen LogP contribution in [0, 0.1) is 5.82 Å². The van der Waals surface area contributed by atoms with Crippen molar-refractivity contribution < 1.29 is 22.8 Å². The van der Waals surface area contributed by atoms with Gasteiger partial charge in [-0.15, -0.1) is 0 Å². The Hall–Kier alpha value is -3.13. The van der Waals surface area contributed by atoms with E-state index in [1.54, 1.807) is 12.1 Å². The summed E-state index contributed by atoms with van der Waals surface area (Å²) in [6.07, 6.45) is 3.56. The number of benzene rings is 1. The van der Waals surface area contributed by atoms with Gasteiger partial charge >= 0.3 is 0 Å². The first kappa shape index (κ1) is 18.2. The van der Waals surface area contributed by atoms with Crippen LogP contribution in [0.3, 0.4) is 0 Å². The van der Waals surface area contributed by atoms with Crippen molar-refractivity contribution in [3.05, 3.63) is 53.4 Å². The standard InChI is InChI=1S/C20H20FN3O4/c21-12-4-6-15-14(10-12)17(18(28-15)19(22)25)23-20(26)16-7-5-13(27-16)11-24-8-2-1-3-9-24/h4-7,10H,1-3,8-9,11H2,(H2,22,25)(H,23,26). The first-order valence-corrected chi connectivity index (χ1v) is 9.15. The lowest BCUT2D eigenvalue weighted by molar-refractivity contribution is 0.0977. The fourth-order valence-electron chi connectivity index (χ4n) is 3.47. The molecule has 0 unspecified atom stereocenters. The Labute approximate surface area is 160 Å². The summed E-state index contributed by atoms with van der Waals surface area (Å²) in [5, 5.41) is 2.82. The van der Waals surface area contributed by atoms with Gasteiger partial charge in [0, 0.05) is 5.39 Å². The highest BCUT2D eigenvalue weighted by Crippen LogP contribution is 2.32. The average Bonchev–Trinajstić information content (AvgIpc) is 3.28. The molecule has 4 rings (SSSR count). The van der Waals surface area contributed by atoms with Gasteiger partial charge in [0.05, 0.1) is 6.54 Å². The molecule has 0 atom stereocenters. The van der Waals surface area contributed by atoms with Crippen LogP contribution in [0.15, 0.2) is 39.2 Å². The second kappa shape index (κ2) is 7.47. The van der Waals surface area contributed by atoms with Crippen LogP contribution < -0.4 is 11.1 Å². The van der Waals surface area contributed by atoms with Crippen LogP contribution in [-0.4, -0.2) is 29.8 Å². The van der Waals surface area contributed by atoms with E-state index >= 15 is 0 Å². The zero-order valence-corrected chi connectivity index (χ0v) is 15.2. The quantitative estimate of drug-likeness (QED) is 0.700. The number of carbonyl (C=O) groups is 2. The first-order valence-electron chi connectivity index (χ1n) is 9.15. The van der Waals surface area contributed by atoms with Crippen molar-refractivity contribution >= 4 is 28.5 Å². The van der Waals surface area contributed by atoms with Crippen LogP contribution >= 0.6 is 0 Å². The predicted molar refractivity (Wildman–Crippen MR) is 100 cm³/mol. The minimum atomic E-state index is -0.864. The number of rotatable bonds is 5.